The monoisotopic (exact) mass is 454 g/mol. The number of allylic oxidation sites excluding steroid dienone is 2. The fourth-order valence-corrected chi connectivity index (χ4v) is 4.84. The van der Waals surface area contributed by atoms with E-state index < -0.39 is 11.7 Å². The zero-order valence-corrected chi connectivity index (χ0v) is 18.4. The third kappa shape index (κ3) is 4.45. The van der Waals surface area contributed by atoms with Crippen molar-refractivity contribution >= 4 is 22.4 Å². The van der Waals surface area contributed by atoms with E-state index in [0.29, 0.717) is 5.52 Å². The van der Waals surface area contributed by atoms with Gasteiger partial charge in [-0.1, -0.05) is 6.07 Å². The molecule has 1 aromatic carbocycles. The van der Waals surface area contributed by atoms with Crippen LogP contribution in [0.1, 0.15) is 18.4 Å². The van der Waals surface area contributed by atoms with Crippen molar-refractivity contribution < 1.29 is 17.7 Å². The predicted octanol–water partition coefficient (Wildman–Crippen LogP) is 4.94. The average molecular weight is 455 g/mol. The van der Waals surface area contributed by atoms with Crippen LogP contribution in [0.3, 0.4) is 0 Å². The van der Waals surface area contributed by atoms with E-state index in [1.807, 2.05) is 18.3 Å². The predicted molar refractivity (Wildman–Crippen MR) is 125 cm³/mol. The van der Waals surface area contributed by atoms with Gasteiger partial charge in [0.05, 0.1) is 23.8 Å². The zero-order valence-electron chi connectivity index (χ0n) is 18.4. The number of halogens is 3. The largest absolute Gasteiger partial charge is 0.416 e. The summed E-state index contributed by atoms with van der Waals surface area (Å²) in [6.45, 7) is 5.66. The Labute approximate surface area is 191 Å². The molecule has 0 N–H and O–H groups in total. The summed E-state index contributed by atoms with van der Waals surface area (Å²) in [4.78, 5) is 13.4. The molecule has 0 bridgehead atoms. The van der Waals surface area contributed by atoms with Gasteiger partial charge in [0.1, 0.15) is 12.4 Å². The van der Waals surface area contributed by atoms with Gasteiger partial charge < -0.3 is 4.90 Å². The number of hydrogen-bond acceptors (Lipinski definition) is 4. The second kappa shape index (κ2) is 8.76. The molecule has 0 aliphatic carbocycles. The van der Waals surface area contributed by atoms with Crippen LogP contribution in [0.4, 0.5) is 18.9 Å². The third-order valence-electron chi connectivity index (χ3n) is 6.69. The zero-order chi connectivity index (χ0) is 22.9. The molecule has 1 aromatic heterocycles. The van der Waals surface area contributed by atoms with Gasteiger partial charge in [-0.3, -0.25) is 9.88 Å². The van der Waals surface area contributed by atoms with Crippen LogP contribution in [0.15, 0.2) is 72.3 Å². The number of anilines is 1. The number of alkyl halides is 3. The van der Waals surface area contributed by atoms with Crippen molar-refractivity contribution in [2.45, 2.75) is 19.0 Å². The highest BCUT2D eigenvalue weighted by Gasteiger charge is 2.33. The molecule has 1 fully saturated rings. The lowest BCUT2D eigenvalue weighted by molar-refractivity contribution is -0.729. The molecule has 1 atom stereocenters. The molecule has 4 heterocycles. The molecule has 5 nitrogen and oxygen atoms in total. The van der Waals surface area contributed by atoms with E-state index in [4.69, 9.17) is 0 Å². The number of piperazine rings is 1. The molecule has 1 unspecified atom stereocenters. The second-order valence-corrected chi connectivity index (χ2v) is 8.74. The second-order valence-electron chi connectivity index (χ2n) is 8.74. The van der Waals surface area contributed by atoms with E-state index >= 15 is 0 Å². The minimum absolute atomic E-state index is 0.387. The maximum Gasteiger partial charge on any atom is 0.416 e. The standard InChI is InChI=1S/C25H27F3N5/c26-25(27,28)20-6-7-21-22(19-20)29-9-8-23(21)32-14-12-31(13-15-32)11-2-4-17-33-16-3-1-5-24(33)30-10-18-33/h1,3,5-10,16,18-19H,2,4,11-15,17H2/q+1. The Bertz CT molecular complexity index is 1140. The van der Waals surface area contributed by atoms with Crippen LogP contribution in [0.25, 0.3) is 10.9 Å². The van der Waals surface area contributed by atoms with Gasteiger partial charge in [0, 0.05) is 49.5 Å². The van der Waals surface area contributed by atoms with Crippen molar-refractivity contribution in [2.75, 3.05) is 44.2 Å². The van der Waals surface area contributed by atoms with Crippen molar-refractivity contribution in [3.8, 4) is 0 Å². The fourth-order valence-electron chi connectivity index (χ4n) is 4.84. The summed E-state index contributed by atoms with van der Waals surface area (Å²) in [5, 5.41) is 0.771. The SMILES string of the molecule is FC(F)(F)c1ccc2c(N3CCN(CCCC[N+]45C=CC=CC4=NC=C5)CC3)ccnc2c1. The summed E-state index contributed by atoms with van der Waals surface area (Å²) in [5.41, 5.74) is 0.688. The Morgan fingerprint density at radius 3 is 2.64 bits per heavy atom. The van der Waals surface area contributed by atoms with Gasteiger partial charge in [0.2, 0.25) is 5.84 Å². The van der Waals surface area contributed by atoms with Crippen LogP contribution >= 0.6 is 0 Å². The number of aromatic nitrogens is 1. The minimum Gasteiger partial charge on any atom is -0.368 e. The van der Waals surface area contributed by atoms with Gasteiger partial charge in [-0.25, -0.2) is 4.48 Å². The molecule has 33 heavy (non-hydrogen) atoms. The van der Waals surface area contributed by atoms with Crippen molar-refractivity contribution in [2.24, 2.45) is 4.99 Å². The molecule has 3 aliphatic heterocycles. The summed E-state index contributed by atoms with van der Waals surface area (Å²) in [7, 11) is 0. The number of aliphatic imine (C=N–C) groups is 1. The molecule has 0 radical (unpaired) electrons. The summed E-state index contributed by atoms with van der Waals surface area (Å²) in [5.74, 6) is 1.08. The molecular formula is C25H27F3N5+. The van der Waals surface area contributed by atoms with E-state index in [1.165, 1.54) is 0 Å². The Morgan fingerprint density at radius 2 is 1.82 bits per heavy atom. The van der Waals surface area contributed by atoms with Crippen molar-refractivity contribution in [1.82, 2.24) is 9.88 Å². The Balaban J connectivity index is 1.14. The topological polar surface area (TPSA) is 31.7 Å². The van der Waals surface area contributed by atoms with E-state index in [0.717, 1.165) is 85.6 Å². The smallest absolute Gasteiger partial charge is 0.368 e. The van der Waals surface area contributed by atoms with Gasteiger partial charge >= 0.3 is 6.18 Å². The van der Waals surface area contributed by atoms with E-state index in [-0.39, 0.29) is 0 Å². The van der Waals surface area contributed by atoms with Gasteiger partial charge in [0.15, 0.2) is 0 Å². The first-order chi connectivity index (χ1) is 15.9. The average Bonchev–Trinajstić information content (AvgIpc) is 3.25. The van der Waals surface area contributed by atoms with Crippen LogP contribution in [0.2, 0.25) is 0 Å². The molecular weight excluding hydrogens is 427 g/mol. The van der Waals surface area contributed by atoms with Crippen molar-refractivity contribution in [3.63, 3.8) is 0 Å². The van der Waals surface area contributed by atoms with Crippen LogP contribution in [0.5, 0.6) is 0 Å². The summed E-state index contributed by atoms with van der Waals surface area (Å²) >= 11 is 0. The Morgan fingerprint density at radius 1 is 0.970 bits per heavy atom. The number of pyridine rings is 1. The van der Waals surface area contributed by atoms with Crippen molar-refractivity contribution in [3.05, 3.63) is 72.9 Å². The molecule has 0 spiro atoms. The number of fused-ring (bicyclic) bond motifs is 2. The van der Waals surface area contributed by atoms with Crippen LogP contribution in [0, 0.1) is 0 Å². The lowest BCUT2D eigenvalue weighted by Gasteiger charge is -2.36. The Hall–Kier alpha value is -2.97. The molecule has 8 heteroatoms. The number of amidine groups is 1. The molecule has 1 saturated heterocycles. The number of rotatable bonds is 6. The van der Waals surface area contributed by atoms with Crippen LogP contribution in [-0.4, -0.2) is 59.5 Å². The highest BCUT2D eigenvalue weighted by atomic mass is 19.4. The first kappa shape index (κ1) is 21.9. The molecule has 0 saturated carbocycles. The first-order valence-electron chi connectivity index (χ1n) is 11.4. The maximum atomic E-state index is 13.1. The maximum absolute atomic E-state index is 13.1. The molecule has 172 valence electrons. The lowest BCUT2D eigenvalue weighted by atomic mass is 10.1. The number of benzene rings is 1. The molecule has 5 rings (SSSR count). The number of unbranched alkanes of at least 4 members (excludes halogenated alkanes) is 1. The lowest BCUT2D eigenvalue weighted by Crippen LogP contribution is -2.47. The summed E-state index contributed by atoms with van der Waals surface area (Å²) < 4.78 is 39.9. The number of hydrogen-bond donors (Lipinski definition) is 0. The summed E-state index contributed by atoms with van der Waals surface area (Å²) in [6, 6.07) is 5.74. The Kier molecular flexibility index (Phi) is 5.80. The quantitative estimate of drug-likeness (QED) is 0.458. The third-order valence-corrected chi connectivity index (χ3v) is 6.69. The number of nitrogens with zero attached hydrogens (tertiary/aromatic N) is 5. The van der Waals surface area contributed by atoms with Gasteiger partial charge in [-0.15, -0.1) is 0 Å². The van der Waals surface area contributed by atoms with E-state index in [2.05, 4.69) is 44.3 Å². The molecule has 2 aromatic rings. The van der Waals surface area contributed by atoms with Gasteiger partial charge in [-0.05, 0) is 49.7 Å². The van der Waals surface area contributed by atoms with Crippen LogP contribution < -0.4 is 4.90 Å². The first-order valence-corrected chi connectivity index (χ1v) is 11.4. The van der Waals surface area contributed by atoms with Gasteiger partial charge in [-0.2, -0.15) is 18.2 Å². The van der Waals surface area contributed by atoms with E-state index in [1.54, 1.807) is 12.3 Å². The fraction of sp³-hybridized carbons (Fsp3) is 0.360. The normalized spacial score (nSPS) is 22.8. The van der Waals surface area contributed by atoms with E-state index in [9.17, 15) is 13.2 Å². The number of quaternary nitrogens is 1. The van der Waals surface area contributed by atoms with Crippen molar-refractivity contribution in [1.29, 1.82) is 0 Å². The van der Waals surface area contributed by atoms with Crippen LogP contribution in [-0.2, 0) is 6.18 Å². The minimum atomic E-state index is -4.36. The highest BCUT2D eigenvalue weighted by molar-refractivity contribution is 5.92. The van der Waals surface area contributed by atoms with Gasteiger partial charge in [0.25, 0.3) is 0 Å². The molecule has 0 amide bonds. The summed E-state index contributed by atoms with van der Waals surface area (Å²) in [6.07, 6.45) is 11.9. The molecule has 3 aliphatic rings. The highest BCUT2D eigenvalue weighted by Crippen LogP contribution is 2.33.